The van der Waals surface area contributed by atoms with E-state index in [1.54, 1.807) is 12.1 Å². The van der Waals surface area contributed by atoms with E-state index < -0.39 is 0 Å². The van der Waals surface area contributed by atoms with Crippen LogP contribution in [-0.4, -0.2) is 18.0 Å². The lowest BCUT2D eigenvalue weighted by molar-refractivity contribution is -0.384. The summed E-state index contributed by atoms with van der Waals surface area (Å²) in [5.74, 6) is 0.506. The van der Waals surface area contributed by atoms with E-state index in [0.29, 0.717) is 5.92 Å². The molecular weight excluding hydrogens is 330 g/mol. The minimum Gasteiger partial charge on any atom is -0.258 e. The van der Waals surface area contributed by atoms with Gasteiger partial charge in [-0.3, -0.25) is 10.1 Å². The number of benzene rings is 1. The number of halogens is 1. The lowest BCUT2D eigenvalue weighted by Crippen LogP contribution is -2.52. The average molecular weight is 358 g/mol. The van der Waals surface area contributed by atoms with Crippen molar-refractivity contribution in [2.24, 2.45) is 5.92 Å². The third kappa shape index (κ3) is 8.03. The van der Waals surface area contributed by atoms with Crippen molar-refractivity contribution in [3.05, 3.63) is 39.9 Å². The van der Waals surface area contributed by atoms with Crippen LogP contribution in [0, 0.1) is 16.0 Å². The highest BCUT2D eigenvalue weighted by molar-refractivity contribution is 5.85. The molecular formula is C16H28ClN5O2. The topological polar surface area (TPSA) is 91.3 Å². The molecule has 24 heavy (non-hydrogen) atoms. The Hall–Kier alpha value is -1.25. The summed E-state index contributed by atoms with van der Waals surface area (Å²) in [4.78, 5) is 10.4. The Bertz CT molecular complexity index is 458. The monoisotopic (exact) mass is 357 g/mol. The van der Waals surface area contributed by atoms with Crippen molar-refractivity contribution < 1.29 is 4.92 Å². The molecule has 1 heterocycles. The van der Waals surface area contributed by atoms with Crippen LogP contribution in [0.2, 0.25) is 0 Å². The first-order valence-corrected chi connectivity index (χ1v) is 8.45. The Labute approximate surface area is 149 Å². The molecule has 0 aromatic heterocycles. The van der Waals surface area contributed by atoms with Gasteiger partial charge in [-0.1, -0.05) is 37.8 Å². The van der Waals surface area contributed by atoms with E-state index in [1.807, 2.05) is 12.1 Å². The summed E-state index contributed by atoms with van der Waals surface area (Å²) in [5.41, 5.74) is 13.5. The second-order valence-corrected chi connectivity index (χ2v) is 6.11. The lowest BCUT2D eigenvalue weighted by Gasteiger charge is -2.18. The van der Waals surface area contributed by atoms with Crippen LogP contribution in [0.3, 0.4) is 0 Å². The van der Waals surface area contributed by atoms with E-state index in [9.17, 15) is 10.1 Å². The summed E-state index contributed by atoms with van der Waals surface area (Å²) >= 11 is 0. The number of rotatable bonds is 3. The van der Waals surface area contributed by atoms with E-state index in [-0.39, 0.29) is 23.0 Å². The number of nitrogens with zero attached hydrogens (tertiary/aromatic N) is 1. The fraction of sp³-hybridized carbons (Fsp3) is 0.625. The first-order valence-electron chi connectivity index (χ1n) is 8.45. The number of nitro benzene ring substituents is 1. The number of non-ortho nitro benzene ring substituents is 1. The van der Waals surface area contributed by atoms with E-state index in [0.717, 1.165) is 25.1 Å². The molecule has 1 atom stereocenters. The number of hydrazine groups is 3. The van der Waals surface area contributed by atoms with Gasteiger partial charge in [0.05, 0.1) is 4.92 Å². The van der Waals surface area contributed by atoms with Crippen LogP contribution in [0.4, 0.5) is 5.69 Å². The predicted octanol–water partition coefficient (Wildman–Crippen LogP) is 2.63. The van der Waals surface area contributed by atoms with Gasteiger partial charge < -0.3 is 0 Å². The highest BCUT2D eigenvalue weighted by Gasteiger charge is 2.11. The quantitative estimate of drug-likeness (QED) is 0.491. The molecule has 136 valence electrons. The number of hydrogen-bond acceptors (Lipinski definition) is 6. The minimum absolute atomic E-state index is 0. The molecule has 0 spiro atoms. The Morgan fingerprint density at radius 2 is 1.67 bits per heavy atom. The molecule has 1 aromatic rings. The fourth-order valence-electron chi connectivity index (χ4n) is 2.89. The maximum absolute atomic E-state index is 10.7. The van der Waals surface area contributed by atoms with Crippen LogP contribution in [0.15, 0.2) is 24.3 Å². The van der Waals surface area contributed by atoms with Crippen molar-refractivity contribution in [2.75, 3.05) is 13.1 Å². The van der Waals surface area contributed by atoms with Crippen molar-refractivity contribution in [1.29, 1.82) is 0 Å². The van der Waals surface area contributed by atoms with Gasteiger partial charge >= 0.3 is 0 Å². The predicted molar refractivity (Wildman–Crippen MR) is 97.5 cm³/mol. The normalized spacial score (nSPS) is 20.8. The Morgan fingerprint density at radius 3 is 2.42 bits per heavy atom. The molecule has 2 rings (SSSR count). The summed E-state index contributed by atoms with van der Waals surface area (Å²) in [6.07, 6.45) is 8.33. The van der Waals surface area contributed by atoms with Crippen LogP contribution in [0.1, 0.15) is 44.1 Å². The lowest BCUT2D eigenvalue weighted by atomic mass is 9.93. The minimum atomic E-state index is -0.354. The zero-order valence-electron chi connectivity index (χ0n) is 13.9. The smallest absolute Gasteiger partial charge is 0.258 e. The third-order valence-electron chi connectivity index (χ3n) is 4.22. The van der Waals surface area contributed by atoms with Gasteiger partial charge in [-0.25, -0.2) is 10.9 Å². The van der Waals surface area contributed by atoms with E-state index in [1.165, 1.54) is 38.5 Å². The number of hydrogen-bond donors (Lipinski definition) is 4. The van der Waals surface area contributed by atoms with Gasteiger partial charge in [-0.2, -0.15) is 11.1 Å². The van der Waals surface area contributed by atoms with Crippen molar-refractivity contribution in [3.63, 3.8) is 0 Å². The van der Waals surface area contributed by atoms with Gasteiger partial charge in [0, 0.05) is 25.2 Å². The fourth-order valence-corrected chi connectivity index (χ4v) is 2.89. The Morgan fingerprint density at radius 1 is 1.00 bits per heavy atom. The molecule has 8 heteroatoms. The molecule has 0 radical (unpaired) electrons. The molecule has 0 aliphatic carbocycles. The molecule has 1 fully saturated rings. The van der Waals surface area contributed by atoms with E-state index >= 15 is 0 Å². The summed E-state index contributed by atoms with van der Waals surface area (Å²) in [5, 5.41) is 10.7. The zero-order chi connectivity index (χ0) is 16.3. The molecule has 1 saturated heterocycles. The molecule has 0 saturated carbocycles. The molecule has 1 aromatic carbocycles. The molecule has 1 aliphatic rings. The van der Waals surface area contributed by atoms with Crippen molar-refractivity contribution in [1.82, 2.24) is 21.9 Å². The van der Waals surface area contributed by atoms with Crippen LogP contribution < -0.4 is 21.9 Å². The van der Waals surface area contributed by atoms with Gasteiger partial charge in [0.15, 0.2) is 0 Å². The molecule has 7 nitrogen and oxygen atoms in total. The van der Waals surface area contributed by atoms with Gasteiger partial charge in [0.25, 0.3) is 5.69 Å². The van der Waals surface area contributed by atoms with Crippen molar-refractivity contribution >= 4 is 18.1 Å². The first kappa shape index (κ1) is 20.8. The molecule has 4 N–H and O–H groups in total. The SMILES string of the molecule is Cl.O=[N+]([O-])c1ccc(CC2CCCCCCCNNNNC2)cc1. The average Bonchev–Trinajstić information content (AvgIpc) is 2.57. The van der Waals surface area contributed by atoms with Crippen LogP contribution >= 0.6 is 12.4 Å². The highest BCUT2D eigenvalue weighted by Crippen LogP contribution is 2.19. The zero-order valence-corrected chi connectivity index (χ0v) is 14.7. The van der Waals surface area contributed by atoms with Crippen LogP contribution in [0.25, 0.3) is 0 Å². The second kappa shape index (κ2) is 12.2. The van der Waals surface area contributed by atoms with Gasteiger partial charge in [0.1, 0.15) is 0 Å². The maximum atomic E-state index is 10.7. The van der Waals surface area contributed by atoms with Gasteiger partial charge in [0.2, 0.25) is 0 Å². The van der Waals surface area contributed by atoms with Crippen molar-refractivity contribution in [3.8, 4) is 0 Å². The van der Waals surface area contributed by atoms with Gasteiger partial charge in [-0.15, -0.1) is 12.4 Å². The molecule has 0 amide bonds. The standard InChI is InChI=1S/C16H27N5O2.ClH/c22-21(23)16-9-7-14(8-10-16)12-15-6-4-2-1-3-5-11-17-19-20-18-13-15;/h7-10,15,17-20H,1-6,11-13H2;1H. The van der Waals surface area contributed by atoms with E-state index in [2.05, 4.69) is 21.9 Å². The summed E-state index contributed by atoms with van der Waals surface area (Å²) in [7, 11) is 0. The Kier molecular flexibility index (Phi) is 10.5. The highest BCUT2D eigenvalue weighted by atomic mass is 35.5. The van der Waals surface area contributed by atoms with Crippen LogP contribution in [-0.2, 0) is 6.42 Å². The maximum Gasteiger partial charge on any atom is 0.269 e. The molecule has 1 aliphatic heterocycles. The summed E-state index contributed by atoms with van der Waals surface area (Å²) in [6, 6.07) is 6.91. The molecule has 0 bridgehead atoms. The Balaban J connectivity index is 0.00000288. The number of nitro groups is 1. The summed E-state index contributed by atoms with van der Waals surface area (Å²) in [6.45, 7) is 1.81. The largest absolute Gasteiger partial charge is 0.269 e. The first-order chi connectivity index (χ1) is 11.3. The van der Waals surface area contributed by atoms with Crippen LogP contribution in [0.5, 0.6) is 0 Å². The second-order valence-electron chi connectivity index (χ2n) is 6.11. The van der Waals surface area contributed by atoms with E-state index in [4.69, 9.17) is 0 Å². The summed E-state index contributed by atoms with van der Waals surface area (Å²) < 4.78 is 0. The number of nitrogens with one attached hydrogen (secondary N) is 4. The third-order valence-corrected chi connectivity index (χ3v) is 4.22. The molecule has 1 unspecified atom stereocenters. The van der Waals surface area contributed by atoms with Crippen molar-refractivity contribution in [2.45, 2.75) is 44.9 Å². The van der Waals surface area contributed by atoms with Gasteiger partial charge in [-0.05, 0) is 30.7 Å².